The molecule has 4 nitrogen and oxygen atoms in total. The minimum atomic E-state index is -3.80. The van der Waals surface area contributed by atoms with Crippen LogP contribution < -0.4 is 4.31 Å². The Morgan fingerprint density at radius 2 is 1.83 bits per heavy atom. The van der Waals surface area contributed by atoms with Gasteiger partial charge in [-0.05, 0) is 43.7 Å². The van der Waals surface area contributed by atoms with Gasteiger partial charge in [0.15, 0.2) is 5.78 Å². The average Bonchev–Trinajstić information content (AvgIpc) is 2.47. The lowest BCUT2D eigenvalue weighted by molar-refractivity contribution is 0.0981. The van der Waals surface area contributed by atoms with Gasteiger partial charge in [0.2, 0.25) is 0 Å². The Morgan fingerprint density at radius 1 is 1.09 bits per heavy atom. The number of halogens is 1. The molecule has 3 rings (SSSR count). The van der Waals surface area contributed by atoms with Crippen LogP contribution in [0.25, 0.3) is 0 Å². The van der Waals surface area contributed by atoms with Gasteiger partial charge in [-0.15, -0.1) is 0 Å². The zero-order chi connectivity index (χ0) is 16.8. The summed E-state index contributed by atoms with van der Waals surface area (Å²) in [6.45, 7) is 3.69. The number of carbonyl (C=O) groups is 1. The van der Waals surface area contributed by atoms with Crippen LogP contribution in [0.2, 0.25) is 0 Å². The fourth-order valence-electron chi connectivity index (χ4n) is 2.86. The molecular formula is C17H16FNO3S. The van der Waals surface area contributed by atoms with E-state index in [-0.39, 0.29) is 34.9 Å². The number of sulfonamides is 1. The molecule has 0 saturated carbocycles. The van der Waals surface area contributed by atoms with Crippen LogP contribution in [0.15, 0.2) is 41.3 Å². The van der Waals surface area contributed by atoms with Gasteiger partial charge in [0.25, 0.3) is 10.0 Å². The lowest BCUT2D eigenvalue weighted by Gasteiger charge is -2.30. The molecule has 0 spiro atoms. The van der Waals surface area contributed by atoms with E-state index in [0.717, 1.165) is 11.6 Å². The van der Waals surface area contributed by atoms with Crippen LogP contribution in [0, 0.1) is 19.7 Å². The minimum Gasteiger partial charge on any atom is -0.294 e. The topological polar surface area (TPSA) is 54.5 Å². The summed E-state index contributed by atoms with van der Waals surface area (Å²) in [5, 5.41) is 0. The van der Waals surface area contributed by atoms with Gasteiger partial charge in [0.1, 0.15) is 5.82 Å². The van der Waals surface area contributed by atoms with Gasteiger partial charge in [-0.3, -0.25) is 9.10 Å². The molecule has 0 aromatic heterocycles. The standard InChI is InChI=1S/C17H16FNO3S/c1-11-3-6-17(12(2)9-11)23(21,22)19-8-7-16(20)14-10-13(18)4-5-15(14)19/h3-6,9-10H,7-8H2,1-2H3. The Labute approximate surface area is 134 Å². The van der Waals surface area contributed by atoms with Crippen LogP contribution in [0.1, 0.15) is 27.9 Å². The fraction of sp³-hybridized carbons (Fsp3) is 0.235. The Morgan fingerprint density at radius 3 is 2.52 bits per heavy atom. The number of benzene rings is 2. The number of ketones is 1. The van der Waals surface area contributed by atoms with Gasteiger partial charge in [0, 0.05) is 18.5 Å². The number of rotatable bonds is 2. The number of Topliss-reactive ketones (excluding diaryl/α,β-unsaturated/α-hetero) is 1. The first kappa shape index (κ1) is 15.7. The van der Waals surface area contributed by atoms with E-state index in [4.69, 9.17) is 0 Å². The highest BCUT2D eigenvalue weighted by Crippen LogP contribution is 2.33. The highest BCUT2D eigenvalue weighted by Gasteiger charge is 2.33. The molecule has 0 bridgehead atoms. The number of nitrogens with zero attached hydrogens (tertiary/aromatic N) is 1. The number of anilines is 1. The first-order valence-corrected chi connectivity index (χ1v) is 8.67. The van der Waals surface area contributed by atoms with Crippen LogP contribution in [0.4, 0.5) is 10.1 Å². The predicted molar refractivity (Wildman–Crippen MR) is 85.8 cm³/mol. The maximum Gasteiger partial charge on any atom is 0.264 e. The molecule has 0 saturated heterocycles. The molecule has 0 aliphatic carbocycles. The van der Waals surface area contributed by atoms with E-state index < -0.39 is 15.8 Å². The van der Waals surface area contributed by atoms with Crippen molar-refractivity contribution in [1.82, 2.24) is 0 Å². The summed E-state index contributed by atoms with van der Waals surface area (Å²) in [7, 11) is -3.80. The van der Waals surface area contributed by atoms with Crippen molar-refractivity contribution >= 4 is 21.5 Å². The molecule has 0 unspecified atom stereocenters. The normalized spacial score (nSPS) is 14.7. The van der Waals surface area contributed by atoms with Crippen molar-refractivity contribution < 1.29 is 17.6 Å². The summed E-state index contributed by atoms with van der Waals surface area (Å²) in [5.74, 6) is -0.797. The third kappa shape index (κ3) is 2.63. The maximum atomic E-state index is 13.4. The number of carbonyl (C=O) groups excluding carboxylic acids is 1. The summed E-state index contributed by atoms with van der Waals surface area (Å²) in [4.78, 5) is 12.2. The van der Waals surface area contributed by atoms with E-state index in [1.54, 1.807) is 25.1 Å². The van der Waals surface area contributed by atoms with Crippen molar-refractivity contribution in [2.45, 2.75) is 25.2 Å². The largest absolute Gasteiger partial charge is 0.294 e. The van der Waals surface area contributed by atoms with Crippen LogP contribution >= 0.6 is 0 Å². The Balaban J connectivity index is 2.15. The van der Waals surface area contributed by atoms with E-state index in [9.17, 15) is 17.6 Å². The number of fused-ring (bicyclic) bond motifs is 1. The average molecular weight is 333 g/mol. The smallest absolute Gasteiger partial charge is 0.264 e. The summed E-state index contributed by atoms with van der Waals surface area (Å²) in [6.07, 6.45) is 0.0423. The monoisotopic (exact) mass is 333 g/mol. The fourth-order valence-corrected chi connectivity index (χ4v) is 4.56. The zero-order valence-corrected chi connectivity index (χ0v) is 13.7. The molecule has 6 heteroatoms. The Kier molecular flexibility index (Phi) is 3.72. The highest BCUT2D eigenvalue weighted by atomic mass is 32.2. The molecule has 0 amide bonds. The number of hydrogen-bond donors (Lipinski definition) is 0. The molecule has 2 aromatic carbocycles. The van der Waals surface area contributed by atoms with E-state index in [2.05, 4.69) is 0 Å². The highest BCUT2D eigenvalue weighted by molar-refractivity contribution is 7.92. The van der Waals surface area contributed by atoms with Crippen LogP contribution in [-0.4, -0.2) is 20.7 Å². The second kappa shape index (κ2) is 5.45. The van der Waals surface area contributed by atoms with Crippen LogP contribution in [-0.2, 0) is 10.0 Å². The first-order valence-electron chi connectivity index (χ1n) is 7.23. The van der Waals surface area contributed by atoms with Crippen molar-refractivity contribution in [1.29, 1.82) is 0 Å². The summed E-state index contributed by atoms with van der Waals surface area (Å²) in [5.41, 5.74) is 1.97. The van der Waals surface area contributed by atoms with Gasteiger partial charge >= 0.3 is 0 Å². The summed E-state index contributed by atoms with van der Waals surface area (Å²) < 4.78 is 40.6. The third-order valence-electron chi connectivity index (χ3n) is 3.97. The lowest BCUT2D eigenvalue weighted by atomic mass is 10.0. The van der Waals surface area contributed by atoms with Gasteiger partial charge < -0.3 is 0 Å². The SMILES string of the molecule is Cc1ccc(S(=O)(=O)N2CCC(=O)c3cc(F)ccc32)c(C)c1. The first-order chi connectivity index (χ1) is 10.8. The molecule has 0 radical (unpaired) electrons. The van der Waals surface area contributed by atoms with Gasteiger partial charge in [-0.2, -0.15) is 0 Å². The third-order valence-corrected chi connectivity index (χ3v) is 5.94. The summed E-state index contributed by atoms with van der Waals surface area (Å²) in [6, 6.07) is 8.72. The molecule has 23 heavy (non-hydrogen) atoms. The molecule has 0 atom stereocenters. The molecule has 120 valence electrons. The molecular weight excluding hydrogens is 317 g/mol. The second-order valence-corrected chi connectivity index (χ2v) is 7.51. The molecule has 1 aliphatic heterocycles. The molecule has 0 fully saturated rings. The maximum absolute atomic E-state index is 13.4. The van der Waals surface area contributed by atoms with Crippen molar-refractivity contribution in [3.8, 4) is 0 Å². The Bertz CT molecular complexity index is 906. The second-order valence-electron chi connectivity index (χ2n) is 5.68. The van der Waals surface area contributed by atoms with Crippen molar-refractivity contribution in [3.05, 3.63) is 58.9 Å². The molecule has 1 heterocycles. The van der Waals surface area contributed by atoms with Crippen LogP contribution in [0.5, 0.6) is 0 Å². The molecule has 1 aliphatic rings. The summed E-state index contributed by atoms with van der Waals surface area (Å²) >= 11 is 0. The molecule has 0 N–H and O–H groups in total. The van der Waals surface area contributed by atoms with Crippen molar-refractivity contribution in [3.63, 3.8) is 0 Å². The van der Waals surface area contributed by atoms with Gasteiger partial charge in [-0.1, -0.05) is 17.7 Å². The minimum absolute atomic E-state index is 0.0423. The van der Waals surface area contributed by atoms with Crippen molar-refractivity contribution in [2.24, 2.45) is 0 Å². The number of hydrogen-bond acceptors (Lipinski definition) is 3. The van der Waals surface area contributed by atoms with Crippen LogP contribution in [0.3, 0.4) is 0 Å². The van der Waals surface area contributed by atoms with E-state index in [1.165, 1.54) is 16.4 Å². The zero-order valence-electron chi connectivity index (χ0n) is 12.8. The van der Waals surface area contributed by atoms with E-state index in [0.29, 0.717) is 5.56 Å². The van der Waals surface area contributed by atoms with Crippen molar-refractivity contribution in [2.75, 3.05) is 10.8 Å². The Hall–Kier alpha value is -2.21. The number of aryl methyl sites for hydroxylation is 2. The molecule has 2 aromatic rings. The lowest BCUT2D eigenvalue weighted by Crippen LogP contribution is -2.37. The predicted octanol–water partition coefficient (Wildman–Crippen LogP) is 3.22. The quantitative estimate of drug-likeness (QED) is 0.848. The van der Waals surface area contributed by atoms with E-state index >= 15 is 0 Å². The van der Waals surface area contributed by atoms with Gasteiger partial charge in [-0.25, -0.2) is 12.8 Å². The van der Waals surface area contributed by atoms with Gasteiger partial charge in [0.05, 0.1) is 10.6 Å². The van der Waals surface area contributed by atoms with E-state index in [1.807, 2.05) is 6.92 Å².